The van der Waals surface area contributed by atoms with Crippen molar-refractivity contribution in [3.63, 3.8) is 0 Å². The summed E-state index contributed by atoms with van der Waals surface area (Å²) >= 11 is 0. The summed E-state index contributed by atoms with van der Waals surface area (Å²) in [6.07, 6.45) is 4.50. The lowest BCUT2D eigenvalue weighted by atomic mass is 9.81. The van der Waals surface area contributed by atoms with Crippen LogP contribution >= 0.6 is 0 Å². The molecule has 1 saturated heterocycles. The summed E-state index contributed by atoms with van der Waals surface area (Å²) in [5.41, 5.74) is -0.627. The van der Waals surface area contributed by atoms with E-state index in [0.29, 0.717) is 26.2 Å². The number of likely N-dealkylation sites (N-methyl/N-ethyl adjacent to an activating group) is 1. The van der Waals surface area contributed by atoms with Crippen LogP contribution in [0.5, 0.6) is 0 Å². The standard InChI is InChI=1S/C15H25N3O3/c1-17(15(12-16)5-3-2-4-6-15)14(20)10-18-7-8-21-13(9-18)11-19/h13,19H,2-11H2,1H3. The van der Waals surface area contributed by atoms with Gasteiger partial charge >= 0.3 is 0 Å². The van der Waals surface area contributed by atoms with Gasteiger partial charge in [-0.05, 0) is 12.8 Å². The second-order valence-corrected chi connectivity index (χ2v) is 6.07. The van der Waals surface area contributed by atoms with E-state index >= 15 is 0 Å². The molecule has 1 saturated carbocycles. The van der Waals surface area contributed by atoms with E-state index in [-0.39, 0.29) is 18.6 Å². The second-order valence-electron chi connectivity index (χ2n) is 6.07. The number of nitriles is 1. The molecule has 2 fully saturated rings. The molecule has 1 N–H and O–H groups in total. The predicted octanol–water partition coefficient (Wildman–Crippen LogP) is 0.364. The first-order valence-corrected chi connectivity index (χ1v) is 7.74. The minimum Gasteiger partial charge on any atom is -0.394 e. The highest BCUT2D eigenvalue weighted by Gasteiger charge is 2.39. The first-order chi connectivity index (χ1) is 10.1. The van der Waals surface area contributed by atoms with Crippen molar-refractivity contribution in [1.29, 1.82) is 5.26 Å². The smallest absolute Gasteiger partial charge is 0.237 e. The number of morpholine rings is 1. The van der Waals surface area contributed by atoms with Gasteiger partial charge in [0.2, 0.25) is 5.91 Å². The Bertz CT molecular complexity index is 401. The molecule has 1 unspecified atom stereocenters. The Morgan fingerprint density at radius 2 is 2.19 bits per heavy atom. The number of hydrogen-bond acceptors (Lipinski definition) is 5. The minimum atomic E-state index is -0.627. The lowest BCUT2D eigenvalue weighted by Crippen LogP contribution is -2.54. The highest BCUT2D eigenvalue weighted by atomic mass is 16.5. The molecular formula is C15H25N3O3. The molecule has 1 aliphatic carbocycles. The van der Waals surface area contributed by atoms with Gasteiger partial charge in [-0.2, -0.15) is 5.26 Å². The van der Waals surface area contributed by atoms with Crippen molar-refractivity contribution in [3.05, 3.63) is 0 Å². The summed E-state index contributed by atoms with van der Waals surface area (Å²) in [5.74, 6) is -0.0166. The largest absolute Gasteiger partial charge is 0.394 e. The number of rotatable bonds is 4. The van der Waals surface area contributed by atoms with E-state index in [4.69, 9.17) is 9.84 Å². The van der Waals surface area contributed by atoms with Crippen molar-refractivity contribution >= 4 is 5.91 Å². The molecule has 1 amide bonds. The summed E-state index contributed by atoms with van der Waals surface area (Å²) in [6, 6.07) is 2.38. The predicted molar refractivity (Wildman–Crippen MR) is 77.5 cm³/mol. The first-order valence-electron chi connectivity index (χ1n) is 7.74. The van der Waals surface area contributed by atoms with Crippen LogP contribution in [0.2, 0.25) is 0 Å². The van der Waals surface area contributed by atoms with Crippen LogP contribution in [0, 0.1) is 11.3 Å². The molecule has 2 rings (SSSR count). The third-order valence-corrected chi connectivity index (χ3v) is 4.69. The van der Waals surface area contributed by atoms with Crippen LogP contribution < -0.4 is 0 Å². The van der Waals surface area contributed by atoms with Gasteiger partial charge in [-0.1, -0.05) is 19.3 Å². The summed E-state index contributed by atoms with van der Waals surface area (Å²) in [7, 11) is 1.75. The molecule has 1 heterocycles. The van der Waals surface area contributed by atoms with Gasteiger partial charge in [0, 0.05) is 20.1 Å². The zero-order valence-corrected chi connectivity index (χ0v) is 12.8. The zero-order chi connectivity index (χ0) is 15.3. The maximum atomic E-state index is 12.5. The van der Waals surface area contributed by atoms with Gasteiger partial charge in [0.15, 0.2) is 0 Å². The van der Waals surface area contributed by atoms with Crippen LogP contribution in [0.15, 0.2) is 0 Å². The van der Waals surface area contributed by atoms with E-state index < -0.39 is 5.54 Å². The molecule has 1 aliphatic heterocycles. The molecule has 0 radical (unpaired) electrons. The van der Waals surface area contributed by atoms with E-state index in [0.717, 1.165) is 32.1 Å². The van der Waals surface area contributed by atoms with Crippen molar-refractivity contribution in [1.82, 2.24) is 9.80 Å². The lowest BCUT2D eigenvalue weighted by Gasteiger charge is -2.40. The van der Waals surface area contributed by atoms with Gasteiger partial charge in [0.05, 0.1) is 31.9 Å². The average Bonchev–Trinajstić information content (AvgIpc) is 2.54. The van der Waals surface area contributed by atoms with Gasteiger partial charge in [-0.25, -0.2) is 0 Å². The molecule has 6 heteroatoms. The minimum absolute atomic E-state index is 0.0166. The Morgan fingerprint density at radius 3 is 2.81 bits per heavy atom. The molecule has 0 aromatic rings. The maximum Gasteiger partial charge on any atom is 0.237 e. The number of ether oxygens (including phenoxy) is 1. The van der Waals surface area contributed by atoms with Crippen molar-refractivity contribution in [2.75, 3.05) is 39.9 Å². The number of aliphatic hydroxyl groups excluding tert-OH is 1. The molecule has 0 aromatic carbocycles. The number of nitrogens with zero attached hydrogens (tertiary/aromatic N) is 3. The Balaban J connectivity index is 1.94. The van der Waals surface area contributed by atoms with E-state index in [1.807, 2.05) is 4.90 Å². The fraction of sp³-hybridized carbons (Fsp3) is 0.867. The highest BCUT2D eigenvalue weighted by molar-refractivity contribution is 5.79. The molecule has 2 aliphatic rings. The van der Waals surface area contributed by atoms with Gasteiger partial charge in [-0.15, -0.1) is 0 Å². The Labute approximate surface area is 126 Å². The molecule has 21 heavy (non-hydrogen) atoms. The van der Waals surface area contributed by atoms with Crippen LogP contribution in [0.4, 0.5) is 0 Å². The van der Waals surface area contributed by atoms with Crippen LogP contribution in [0.25, 0.3) is 0 Å². The second kappa shape index (κ2) is 7.21. The maximum absolute atomic E-state index is 12.5. The quantitative estimate of drug-likeness (QED) is 0.810. The molecule has 0 aromatic heterocycles. The van der Waals surface area contributed by atoms with Gasteiger partial charge in [0.25, 0.3) is 0 Å². The third-order valence-electron chi connectivity index (χ3n) is 4.69. The molecule has 6 nitrogen and oxygen atoms in total. The number of hydrogen-bond donors (Lipinski definition) is 1. The van der Waals surface area contributed by atoms with Crippen LogP contribution in [0.3, 0.4) is 0 Å². The first kappa shape index (κ1) is 16.2. The number of carbonyl (C=O) groups excluding carboxylic acids is 1. The Kier molecular flexibility index (Phi) is 5.57. The van der Waals surface area contributed by atoms with Gasteiger partial charge in [-0.3, -0.25) is 9.69 Å². The van der Waals surface area contributed by atoms with E-state index in [1.54, 1.807) is 11.9 Å². The zero-order valence-electron chi connectivity index (χ0n) is 12.8. The van der Waals surface area contributed by atoms with Gasteiger partial charge < -0.3 is 14.7 Å². The average molecular weight is 295 g/mol. The van der Waals surface area contributed by atoms with Crippen LogP contribution in [-0.4, -0.2) is 72.4 Å². The molecule has 118 valence electrons. The fourth-order valence-corrected chi connectivity index (χ4v) is 3.23. The topological polar surface area (TPSA) is 76.8 Å². The number of aliphatic hydroxyl groups is 1. The summed E-state index contributed by atoms with van der Waals surface area (Å²) in [4.78, 5) is 16.1. The van der Waals surface area contributed by atoms with Crippen molar-refractivity contribution in [2.24, 2.45) is 0 Å². The number of amides is 1. The van der Waals surface area contributed by atoms with E-state index in [9.17, 15) is 10.1 Å². The van der Waals surface area contributed by atoms with E-state index in [1.165, 1.54) is 0 Å². The summed E-state index contributed by atoms with van der Waals surface area (Å²) < 4.78 is 5.39. The molecular weight excluding hydrogens is 270 g/mol. The van der Waals surface area contributed by atoms with Crippen molar-refractivity contribution < 1.29 is 14.6 Å². The molecule has 0 spiro atoms. The Morgan fingerprint density at radius 1 is 1.48 bits per heavy atom. The summed E-state index contributed by atoms with van der Waals surface area (Å²) in [5, 5.41) is 18.7. The highest BCUT2D eigenvalue weighted by Crippen LogP contribution is 2.32. The number of carbonyl (C=O) groups is 1. The van der Waals surface area contributed by atoms with Crippen molar-refractivity contribution in [3.8, 4) is 6.07 Å². The fourth-order valence-electron chi connectivity index (χ4n) is 3.23. The monoisotopic (exact) mass is 295 g/mol. The van der Waals surface area contributed by atoms with Crippen LogP contribution in [0.1, 0.15) is 32.1 Å². The summed E-state index contributed by atoms with van der Waals surface area (Å²) in [6.45, 7) is 2.05. The van der Waals surface area contributed by atoms with Gasteiger partial charge in [0.1, 0.15) is 5.54 Å². The SMILES string of the molecule is CN(C(=O)CN1CCOC(CO)C1)C1(C#N)CCCCC1. The normalized spacial score (nSPS) is 26.0. The van der Waals surface area contributed by atoms with Crippen LogP contribution in [-0.2, 0) is 9.53 Å². The molecule has 0 bridgehead atoms. The Hall–Kier alpha value is -1.16. The van der Waals surface area contributed by atoms with Crippen molar-refractivity contribution in [2.45, 2.75) is 43.7 Å². The molecule has 1 atom stereocenters. The van der Waals surface area contributed by atoms with E-state index in [2.05, 4.69) is 6.07 Å². The lowest BCUT2D eigenvalue weighted by molar-refractivity contribution is -0.138. The third kappa shape index (κ3) is 3.73.